The van der Waals surface area contributed by atoms with Crippen LogP contribution in [-0.2, 0) is 11.2 Å². The zero-order valence-electron chi connectivity index (χ0n) is 16.8. The van der Waals surface area contributed by atoms with Crippen LogP contribution in [0.1, 0.15) is 18.1 Å². The summed E-state index contributed by atoms with van der Waals surface area (Å²) in [5, 5.41) is 3.48. The highest BCUT2D eigenvalue weighted by Gasteiger charge is 2.24. The number of aryl methyl sites for hydroxylation is 1. The van der Waals surface area contributed by atoms with Gasteiger partial charge in [0.15, 0.2) is 0 Å². The summed E-state index contributed by atoms with van der Waals surface area (Å²) in [6, 6.07) is 12.9. The smallest absolute Gasteiger partial charge is 0.321 e. The van der Waals surface area contributed by atoms with E-state index in [9.17, 15) is 9.59 Å². The van der Waals surface area contributed by atoms with Gasteiger partial charge >= 0.3 is 6.03 Å². The first-order valence-corrected chi connectivity index (χ1v) is 10.2. The minimum Gasteiger partial charge on any atom is -0.494 e. The molecule has 7 heteroatoms. The van der Waals surface area contributed by atoms with Crippen LogP contribution in [0.2, 0.25) is 5.02 Å². The van der Waals surface area contributed by atoms with Gasteiger partial charge in [0.25, 0.3) is 0 Å². The van der Waals surface area contributed by atoms with Gasteiger partial charge in [0.2, 0.25) is 5.91 Å². The maximum atomic E-state index is 12.6. The lowest BCUT2D eigenvalue weighted by Crippen LogP contribution is -2.52. The molecule has 2 aromatic rings. The van der Waals surface area contributed by atoms with Crippen LogP contribution >= 0.6 is 11.6 Å². The molecular formula is C22H26ClN3O3. The Morgan fingerprint density at radius 3 is 2.31 bits per heavy atom. The molecule has 0 bridgehead atoms. The summed E-state index contributed by atoms with van der Waals surface area (Å²) >= 11 is 6.11. The van der Waals surface area contributed by atoms with Crippen molar-refractivity contribution in [3.8, 4) is 5.75 Å². The molecule has 1 aliphatic heterocycles. The Bertz CT molecular complexity index is 862. The van der Waals surface area contributed by atoms with Crippen LogP contribution in [0.25, 0.3) is 0 Å². The van der Waals surface area contributed by atoms with Gasteiger partial charge in [-0.05, 0) is 49.2 Å². The third kappa shape index (κ3) is 5.64. The number of anilines is 1. The Hall–Kier alpha value is -2.73. The zero-order chi connectivity index (χ0) is 20.8. The number of rotatable bonds is 5. The summed E-state index contributed by atoms with van der Waals surface area (Å²) in [7, 11) is 0. The van der Waals surface area contributed by atoms with Crippen molar-refractivity contribution in [3.05, 3.63) is 58.6 Å². The normalized spacial score (nSPS) is 13.9. The van der Waals surface area contributed by atoms with E-state index in [0.29, 0.717) is 49.9 Å². The number of carbonyl (C=O) groups is 2. The van der Waals surface area contributed by atoms with Gasteiger partial charge < -0.3 is 19.9 Å². The van der Waals surface area contributed by atoms with Crippen LogP contribution in [0.3, 0.4) is 0 Å². The second kappa shape index (κ2) is 9.65. The fourth-order valence-electron chi connectivity index (χ4n) is 3.19. The molecule has 29 heavy (non-hydrogen) atoms. The van der Waals surface area contributed by atoms with Gasteiger partial charge in [-0.2, -0.15) is 0 Å². The first-order chi connectivity index (χ1) is 14.0. The number of ether oxygens (including phenoxy) is 1. The largest absolute Gasteiger partial charge is 0.494 e. The van der Waals surface area contributed by atoms with Crippen molar-refractivity contribution >= 4 is 29.2 Å². The standard InChI is InChI=1S/C22H26ClN3O3/c1-3-29-19-8-5-17(6-9-19)14-21(27)25-10-12-26(13-11-25)22(28)24-18-7-4-16(2)20(23)15-18/h4-9,15H,3,10-14H2,1-2H3,(H,24,28). The molecule has 0 unspecified atom stereocenters. The second-order valence-corrected chi connectivity index (χ2v) is 7.42. The lowest BCUT2D eigenvalue weighted by atomic mass is 10.1. The predicted molar refractivity (Wildman–Crippen MR) is 115 cm³/mol. The van der Waals surface area contributed by atoms with E-state index in [1.165, 1.54) is 0 Å². The van der Waals surface area contributed by atoms with Gasteiger partial charge in [-0.25, -0.2) is 4.79 Å². The molecule has 0 spiro atoms. The average molecular weight is 416 g/mol. The molecule has 1 heterocycles. The van der Waals surface area contributed by atoms with E-state index in [-0.39, 0.29) is 11.9 Å². The number of urea groups is 1. The second-order valence-electron chi connectivity index (χ2n) is 7.02. The molecule has 3 amide bonds. The zero-order valence-corrected chi connectivity index (χ0v) is 17.5. The van der Waals surface area contributed by atoms with Gasteiger partial charge in [0.05, 0.1) is 13.0 Å². The fourth-order valence-corrected chi connectivity index (χ4v) is 3.37. The lowest BCUT2D eigenvalue weighted by molar-refractivity contribution is -0.131. The van der Waals surface area contributed by atoms with Crippen LogP contribution in [0.4, 0.5) is 10.5 Å². The van der Waals surface area contributed by atoms with E-state index >= 15 is 0 Å². The SMILES string of the molecule is CCOc1ccc(CC(=O)N2CCN(C(=O)Nc3ccc(C)c(Cl)c3)CC2)cc1. The van der Waals surface area contributed by atoms with E-state index in [2.05, 4.69) is 5.32 Å². The Balaban J connectivity index is 1.48. The summed E-state index contributed by atoms with van der Waals surface area (Å²) < 4.78 is 5.43. The summed E-state index contributed by atoms with van der Waals surface area (Å²) in [5.74, 6) is 0.873. The van der Waals surface area contributed by atoms with Crippen molar-refractivity contribution < 1.29 is 14.3 Å². The maximum absolute atomic E-state index is 12.6. The van der Waals surface area contributed by atoms with E-state index in [1.54, 1.807) is 11.0 Å². The molecule has 1 aliphatic rings. The first-order valence-electron chi connectivity index (χ1n) is 9.78. The molecule has 0 radical (unpaired) electrons. The third-order valence-corrected chi connectivity index (χ3v) is 5.34. The molecule has 154 valence electrons. The molecule has 1 saturated heterocycles. The molecule has 3 rings (SSSR count). The number of nitrogens with zero attached hydrogens (tertiary/aromatic N) is 2. The molecule has 1 N–H and O–H groups in total. The van der Waals surface area contributed by atoms with Gasteiger partial charge in [-0.3, -0.25) is 4.79 Å². The van der Waals surface area contributed by atoms with Crippen molar-refractivity contribution in [3.63, 3.8) is 0 Å². The highest BCUT2D eigenvalue weighted by atomic mass is 35.5. The minimum absolute atomic E-state index is 0.0690. The number of amides is 3. The highest BCUT2D eigenvalue weighted by molar-refractivity contribution is 6.31. The number of hydrogen-bond acceptors (Lipinski definition) is 3. The first kappa shape index (κ1) is 21.0. The molecule has 0 aromatic heterocycles. The van der Waals surface area contributed by atoms with Crippen LogP contribution in [0.5, 0.6) is 5.75 Å². The molecule has 0 saturated carbocycles. The van der Waals surface area contributed by atoms with Gasteiger partial charge in [0, 0.05) is 36.9 Å². The quantitative estimate of drug-likeness (QED) is 0.803. The topological polar surface area (TPSA) is 61.9 Å². The number of piperazine rings is 1. The third-order valence-electron chi connectivity index (χ3n) is 4.93. The Morgan fingerprint density at radius 1 is 1.03 bits per heavy atom. The number of hydrogen-bond donors (Lipinski definition) is 1. The van der Waals surface area contributed by atoms with E-state index in [0.717, 1.165) is 16.9 Å². The monoisotopic (exact) mass is 415 g/mol. The van der Waals surface area contributed by atoms with Crippen molar-refractivity contribution in [2.24, 2.45) is 0 Å². The van der Waals surface area contributed by atoms with Crippen LogP contribution in [0, 0.1) is 6.92 Å². The highest BCUT2D eigenvalue weighted by Crippen LogP contribution is 2.20. The number of carbonyl (C=O) groups excluding carboxylic acids is 2. The summed E-state index contributed by atoms with van der Waals surface area (Å²) in [4.78, 5) is 28.6. The Labute approximate surface area is 176 Å². The van der Waals surface area contributed by atoms with E-state index in [1.807, 2.05) is 55.1 Å². The molecular weight excluding hydrogens is 390 g/mol. The maximum Gasteiger partial charge on any atom is 0.321 e. The van der Waals surface area contributed by atoms with Gasteiger partial charge in [-0.15, -0.1) is 0 Å². The molecule has 6 nitrogen and oxygen atoms in total. The Kier molecular flexibility index (Phi) is 6.99. The summed E-state index contributed by atoms with van der Waals surface area (Å²) in [6.45, 7) is 6.52. The summed E-state index contributed by atoms with van der Waals surface area (Å²) in [6.07, 6.45) is 0.348. The van der Waals surface area contributed by atoms with Gasteiger partial charge in [0.1, 0.15) is 5.75 Å². The number of nitrogens with one attached hydrogen (secondary N) is 1. The van der Waals surface area contributed by atoms with Crippen LogP contribution < -0.4 is 10.1 Å². The predicted octanol–water partition coefficient (Wildman–Crippen LogP) is 3.97. The molecule has 0 aliphatic carbocycles. The van der Waals surface area contributed by atoms with Crippen LogP contribution in [0.15, 0.2) is 42.5 Å². The molecule has 0 atom stereocenters. The van der Waals surface area contributed by atoms with Crippen molar-refractivity contribution in [2.45, 2.75) is 20.3 Å². The van der Waals surface area contributed by atoms with E-state index in [4.69, 9.17) is 16.3 Å². The molecule has 2 aromatic carbocycles. The fraction of sp³-hybridized carbons (Fsp3) is 0.364. The average Bonchev–Trinajstić information content (AvgIpc) is 2.72. The van der Waals surface area contributed by atoms with Crippen molar-refractivity contribution in [1.29, 1.82) is 0 Å². The van der Waals surface area contributed by atoms with E-state index < -0.39 is 0 Å². The Morgan fingerprint density at radius 2 is 1.69 bits per heavy atom. The van der Waals surface area contributed by atoms with Gasteiger partial charge in [-0.1, -0.05) is 29.8 Å². The summed E-state index contributed by atoms with van der Waals surface area (Å²) in [5.41, 5.74) is 2.58. The minimum atomic E-state index is -0.177. The lowest BCUT2D eigenvalue weighted by Gasteiger charge is -2.34. The van der Waals surface area contributed by atoms with Crippen LogP contribution in [-0.4, -0.2) is 54.5 Å². The number of benzene rings is 2. The van der Waals surface area contributed by atoms with Crippen molar-refractivity contribution in [1.82, 2.24) is 9.80 Å². The number of halogens is 1. The van der Waals surface area contributed by atoms with Crippen molar-refractivity contribution in [2.75, 3.05) is 38.1 Å². The molecule has 1 fully saturated rings.